The molecule has 0 radical (unpaired) electrons. The second kappa shape index (κ2) is 11.0. The van der Waals surface area contributed by atoms with Gasteiger partial charge >= 0.3 is 0 Å². The average molecular weight is 469 g/mol. The number of aryl methyl sites for hydroxylation is 1. The molecule has 3 N–H and O–H groups in total. The molecular formula is C24H29ClN6O2. The number of anilines is 2. The highest BCUT2D eigenvalue weighted by atomic mass is 35.5. The van der Waals surface area contributed by atoms with Crippen molar-refractivity contribution >= 4 is 34.9 Å². The summed E-state index contributed by atoms with van der Waals surface area (Å²) < 4.78 is 2.08. The Kier molecular flexibility index (Phi) is 8.06. The van der Waals surface area contributed by atoms with E-state index in [2.05, 4.69) is 30.5 Å². The van der Waals surface area contributed by atoms with Crippen LogP contribution < -0.4 is 16.0 Å². The maximum Gasteiger partial charge on any atom is 0.216 e. The van der Waals surface area contributed by atoms with Crippen molar-refractivity contribution in [3.05, 3.63) is 58.4 Å². The summed E-state index contributed by atoms with van der Waals surface area (Å²) in [6, 6.07) is 9.18. The summed E-state index contributed by atoms with van der Waals surface area (Å²) in [7, 11) is 0. The Morgan fingerprint density at radius 1 is 0.970 bits per heavy atom. The van der Waals surface area contributed by atoms with Crippen LogP contribution in [0, 0.1) is 13.8 Å². The minimum atomic E-state index is -0.0767. The summed E-state index contributed by atoms with van der Waals surface area (Å²) in [6.07, 6.45) is 2.00. The van der Waals surface area contributed by atoms with Crippen molar-refractivity contribution < 1.29 is 9.59 Å². The molecule has 0 spiro atoms. The quantitative estimate of drug-likeness (QED) is 0.306. The molecule has 0 aliphatic heterocycles. The molecule has 0 saturated carbocycles. The Labute approximate surface area is 198 Å². The first-order valence-electron chi connectivity index (χ1n) is 10.8. The lowest BCUT2D eigenvalue weighted by Gasteiger charge is -2.13. The Balaban J connectivity index is 1.75. The highest BCUT2D eigenvalue weighted by molar-refractivity contribution is 6.30. The fourth-order valence-corrected chi connectivity index (χ4v) is 3.80. The van der Waals surface area contributed by atoms with Crippen LogP contribution in [0.15, 0.2) is 36.5 Å². The fourth-order valence-electron chi connectivity index (χ4n) is 3.68. The second-order valence-corrected chi connectivity index (χ2v) is 8.26. The molecule has 8 nitrogen and oxygen atoms in total. The van der Waals surface area contributed by atoms with Gasteiger partial charge < -0.3 is 20.5 Å². The minimum absolute atomic E-state index is 0.0767. The maximum atomic E-state index is 11.9. The standard InChI is InChI=1S/C24H29ClN6O2/c1-15-14-31(16(2)23(15)17(3)32)12-11-28-22-13-21(27-10-9-26-18(4)33)29-24(30-22)19-5-7-20(25)8-6-19/h5-8,13-14H,9-12H2,1-4H3,(H,26,33)(H2,27,28,29,30). The molecule has 2 aromatic heterocycles. The van der Waals surface area contributed by atoms with Gasteiger partial charge in [0, 0.05) is 67.2 Å². The van der Waals surface area contributed by atoms with Gasteiger partial charge in [0.15, 0.2) is 11.6 Å². The van der Waals surface area contributed by atoms with Gasteiger partial charge in [-0.05, 0) is 50.6 Å². The third-order valence-corrected chi connectivity index (χ3v) is 5.43. The summed E-state index contributed by atoms with van der Waals surface area (Å²) >= 11 is 6.02. The number of ketones is 1. The van der Waals surface area contributed by atoms with E-state index < -0.39 is 0 Å². The molecule has 9 heteroatoms. The number of nitrogens with one attached hydrogen (secondary N) is 3. The van der Waals surface area contributed by atoms with E-state index in [1.807, 2.05) is 38.2 Å². The monoisotopic (exact) mass is 468 g/mol. The van der Waals surface area contributed by atoms with Gasteiger partial charge in [-0.15, -0.1) is 0 Å². The molecule has 0 aliphatic carbocycles. The molecule has 1 aromatic carbocycles. The Hall–Kier alpha value is -3.39. The molecule has 3 aromatic rings. The molecule has 0 aliphatic rings. The first kappa shape index (κ1) is 24.3. The SMILES string of the molecule is CC(=O)NCCNc1cc(NCCn2cc(C)c(C(C)=O)c2C)nc(-c2ccc(Cl)cc2)n1. The normalized spacial score (nSPS) is 10.7. The van der Waals surface area contributed by atoms with E-state index >= 15 is 0 Å². The van der Waals surface area contributed by atoms with Crippen LogP contribution in [0.3, 0.4) is 0 Å². The van der Waals surface area contributed by atoms with Gasteiger partial charge in [-0.3, -0.25) is 9.59 Å². The number of halogens is 1. The maximum absolute atomic E-state index is 11.9. The van der Waals surface area contributed by atoms with Crippen LogP contribution in [0.1, 0.15) is 35.5 Å². The van der Waals surface area contributed by atoms with Gasteiger partial charge in [0.05, 0.1) is 0 Å². The molecule has 0 bridgehead atoms. The third kappa shape index (κ3) is 6.55. The number of aromatic nitrogens is 3. The Morgan fingerprint density at radius 3 is 2.18 bits per heavy atom. The number of benzene rings is 1. The van der Waals surface area contributed by atoms with Gasteiger partial charge in [0.2, 0.25) is 5.91 Å². The lowest BCUT2D eigenvalue weighted by atomic mass is 10.1. The number of amides is 1. The number of rotatable bonds is 10. The predicted molar refractivity (Wildman–Crippen MR) is 132 cm³/mol. The highest BCUT2D eigenvalue weighted by Gasteiger charge is 2.13. The first-order chi connectivity index (χ1) is 15.7. The molecule has 3 rings (SSSR count). The lowest BCUT2D eigenvalue weighted by Crippen LogP contribution is -2.26. The zero-order valence-corrected chi connectivity index (χ0v) is 20.1. The van der Waals surface area contributed by atoms with Crippen LogP contribution in [-0.4, -0.2) is 45.9 Å². The van der Waals surface area contributed by atoms with Gasteiger partial charge in [-0.1, -0.05) is 11.6 Å². The smallest absolute Gasteiger partial charge is 0.216 e. The van der Waals surface area contributed by atoms with E-state index in [0.29, 0.717) is 48.7 Å². The van der Waals surface area contributed by atoms with Crippen LogP contribution in [0.25, 0.3) is 11.4 Å². The number of hydrogen-bond donors (Lipinski definition) is 3. The molecular weight excluding hydrogens is 440 g/mol. The van der Waals surface area contributed by atoms with Crippen molar-refractivity contribution in [2.75, 3.05) is 30.3 Å². The zero-order valence-electron chi connectivity index (χ0n) is 19.3. The molecule has 0 fully saturated rings. The van der Waals surface area contributed by atoms with Gasteiger partial charge in [0.1, 0.15) is 11.6 Å². The predicted octanol–water partition coefficient (Wildman–Crippen LogP) is 4.08. The molecule has 174 valence electrons. The van der Waals surface area contributed by atoms with Crippen molar-refractivity contribution in [2.24, 2.45) is 0 Å². The van der Waals surface area contributed by atoms with Crippen LogP contribution >= 0.6 is 11.6 Å². The molecule has 2 heterocycles. The number of nitrogens with zero attached hydrogens (tertiary/aromatic N) is 3. The number of Topliss-reactive ketones (excluding diaryl/α,β-unsaturated/α-hetero) is 1. The van der Waals surface area contributed by atoms with E-state index in [0.717, 1.165) is 22.4 Å². The Morgan fingerprint density at radius 2 is 1.61 bits per heavy atom. The van der Waals surface area contributed by atoms with Crippen LogP contribution in [0.4, 0.5) is 11.6 Å². The first-order valence-corrected chi connectivity index (χ1v) is 11.2. The zero-order chi connectivity index (χ0) is 24.0. The van der Waals surface area contributed by atoms with Crippen molar-refractivity contribution in [3.8, 4) is 11.4 Å². The van der Waals surface area contributed by atoms with Gasteiger partial charge in [-0.25, -0.2) is 9.97 Å². The van der Waals surface area contributed by atoms with Crippen LogP contribution in [-0.2, 0) is 11.3 Å². The van der Waals surface area contributed by atoms with Crippen LogP contribution in [0.5, 0.6) is 0 Å². The van der Waals surface area contributed by atoms with E-state index in [1.165, 1.54) is 6.92 Å². The average Bonchev–Trinajstić information content (AvgIpc) is 3.04. The van der Waals surface area contributed by atoms with Crippen molar-refractivity contribution in [3.63, 3.8) is 0 Å². The van der Waals surface area contributed by atoms with E-state index in [4.69, 9.17) is 11.6 Å². The number of carbonyl (C=O) groups excluding carboxylic acids is 2. The van der Waals surface area contributed by atoms with E-state index in [1.54, 1.807) is 19.1 Å². The molecule has 1 amide bonds. The number of hydrogen-bond acceptors (Lipinski definition) is 6. The molecule has 0 atom stereocenters. The highest BCUT2D eigenvalue weighted by Crippen LogP contribution is 2.22. The van der Waals surface area contributed by atoms with E-state index in [-0.39, 0.29) is 11.7 Å². The van der Waals surface area contributed by atoms with Gasteiger partial charge in [0.25, 0.3) is 0 Å². The largest absolute Gasteiger partial charge is 0.368 e. The summed E-state index contributed by atoms with van der Waals surface area (Å²) in [5.74, 6) is 1.88. The lowest BCUT2D eigenvalue weighted by molar-refractivity contribution is -0.118. The summed E-state index contributed by atoms with van der Waals surface area (Å²) in [6.45, 7) is 9.32. The molecule has 33 heavy (non-hydrogen) atoms. The van der Waals surface area contributed by atoms with Crippen molar-refractivity contribution in [2.45, 2.75) is 34.2 Å². The van der Waals surface area contributed by atoms with Crippen molar-refractivity contribution in [1.82, 2.24) is 19.9 Å². The summed E-state index contributed by atoms with van der Waals surface area (Å²) in [5, 5.41) is 9.98. The summed E-state index contributed by atoms with van der Waals surface area (Å²) in [4.78, 5) is 32.2. The minimum Gasteiger partial charge on any atom is -0.368 e. The van der Waals surface area contributed by atoms with E-state index in [9.17, 15) is 9.59 Å². The second-order valence-electron chi connectivity index (χ2n) is 7.83. The number of carbonyl (C=O) groups is 2. The Bertz CT molecular complexity index is 1140. The molecule has 0 saturated heterocycles. The topological polar surface area (TPSA) is 101 Å². The molecule has 0 unspecified atom stereocenters. The third-order valence-electron chi connectivity index (χ3n) is 5.18. The summed E-state index contributed by atoms with van der Waals surface area (Å²) in [5.41, 5.74) is 3.58. The van der Waals surface area contributed by atoms with Crippen LogP contribution in [0.2, 0.25) is 5.02 Å². The fraction of sp³-hybridized carbons (Fsp3) is 0.333. The van der Waals surface area contributed by atoms with Gasteiger partial charge in [-0.2, -0.15) is 0 Å². The van der Waals surface area contributed by atoms with Crippen molar-refractivity contribution in [1.29, 1.82) is 0 Å².